The molecule has 0 amide bonds. The number of aromatic nitrogens is 3. The number of carbonyl (C=O) groups is 1. The van der Waals surface area contributed by atoms with Gasteiger partial charge in [-0.1, -0.05) is 30.4 Å². The Bertz CT molecular complexity index is 1230. The van der Waals surface area contributed by atoms with Crippen molar-refractivity contribution in [2.45, 2.75) is 30.9 Å². The summed E-state index contributed by atoms with van der Waals surface area (Å²) in [6, 6.07) is 10.7. The van der Waals surface area contributed by atoms with Crippen LogP contribution in [0.15, 0.2) is 60.9 Å². The van der Waals surface area contributed by atoms with Gasteiger partial charge in [-0.3, -0.25) is 9.47 Å². The number of rotatable bonds is 7. The molecule has 3 aromatic rings. The van der Waals surface area contributed by atoms with Crippen LogP contribution < -0.4 is 4.90 Å². The first-order valence-electron chi connectivity index (χ1n) is 12.4. The van der Waals surface area contributed by atoms with Crippen LogP contribution >= 0.6 is 0 Å². The molecule has 2 N–H and O–H groups in total. The number of aromatic hydroxyl groups is 2. The summed E-state index contributed by atoms with van der Waals surface area (Å²) in [6.45, 7) is 3.68. The topological polar surface area (TPSA) is 104 Å². The van der Waals surface area contributed by atoms with E-state index in [0.717, 1.165) is 43.7 Å². The second-order valence-corrected chi connectivity index (χ2v) is 9.65. The molecule has 0 radical (unpaired) electrons. The molecule has 2 bridgehead atoms. The number of ether oxygens (including phenoxy) is 1. The molecule has 1 saturated heterocycles. The Balaban J connectivity index is 1.19. The molecule has 2 aromatic heterocycles. The van der Waals surface area contributed by atoms with Crippen molar-refractivity contribution in [2.75, 3.05) is 37.6 Å². The molecule has 3 heterocycles. The number of hydrogen-bond donors (Lipinski definition) is 2. The fraction of sp³-hybridized carbons (Fsp3) is 0.370. The van der Waals surface area contributed by atoms with Gasteiger partial charge in [0.2, 0.25) is 5.95 Å². The Labute approximate surface area is 209 Å². The van der Waals surface area contributed by atoms with Crippen molar-refractivity contribution in [1.29, 1.82) is 0 Å². The van der Waals surface area contributed by atoms with Gasteiger partial charge in [-0.15, -0.1) is 0 Å². The van der Waals surface area contributed by atoms with Gasteiger partial charge in [-0.05, 0) is 24.6 Å². The largest absolute Gasteiger partial charge is 0.494 e. The lowest BCUT2D eigenvalue weighted by Gasteiger charge is -2.36. The van der Waals surface area contributed by atoms with Crippen LogP contribution in [0.5, 0.6) is 11.8 Å². The summed E-state index contributed by atoms with van der Waals surface area (Å²) in [5.41, 5.74) is 2.09. The summed E-state index contributed by atoms with van der Waals surface area (Å²) >= 11 is 0. The molecule has 36 heavy (non-hydrogen) atoms. The van der Waals surface area contributed by atoms with Crippen LogP contribution in [-0.2, 0) is 11.3 Å². The minimum Gasteiger partial charge on any atom is -0.494 e. The normalized spacial score (nSPS) is 21.5. The van der Waals surface area contributed by atoms with Crippen molar-refractivity contribution in [3.63, 3.8) is 0 Å². The third-order valence-electron chi connectivity index (χ3n) is 7.45. The molecule has 2 aliphatic carbocycles. The zero-order valence-electron chi connectivity index (χ0n) is 19.9. The molecular weight excluding hydrogens is 458 g/mol. The predicted molar refractivity (Wildman–Crippen MR) is 133 cm³/mol. The van der Waals surface area contributed by atoms with E-state index in [1.54, 1.807) is 42.7 Å². The highest BCUT2D eigenvalue weighted by atomic mass is 16.5. The number of allylic oxidation sites excluding steroid dienone is 2. The summed E-state index contributed by atoms with van der Waals surface area (Å²) in [7, 11) is 0. The first-order chi connectivity index (χ1) is 17.6. The van der Waals surface area contributed by atoms with Gasteiger partial charge < -0.3 is 19.8 Å². The van der Waals surface area contributed by atoms with Gasteiger partial charge in [0.1, 0.15) is 6.10 Å². The second-order valence-electron chi connectivity index (χ2n) is 9.65. The molecular formula is C27H29N5O4. The molecule has 6 rings (SSSR count). The van der Waals surface area contributed by atoms with E-state index in [-0.39, 0.29) is 30.1 Å². The number of fused-ring (bicyclic) bond motifs is 5. The highest BCUT2D eigenvalue weighted by Gasteiger charge is 2.41. The van der Waals surface area contributed by atoms with E-state index in [9.17, 15) is 15.0 Å². The Kier molecular flexibility index (Phi) is 5.85. The van der Waals surface area contributed by atoms with Crippen LogP contribution in [0, 0.1) is 0 Å². The van der Waals surface area contributed by atoms with Gasteiger partial charge in [0.25, 0.3) is 0 Å². The van der Waals surface area contributed by atoms with Gasteiger partial charge in [0.05, 0.1) is 12.1 Å². The van der Waals surface area contributed by atoms with Crippen LogP contribution in [-0.4, -0.2) is 74.4 Å². The van der Waals surface area contributed by atoms with Gasteiger partial charge in [-0.2, -0.15) is 0 Å². The summed E-state index contributed by atoms with van der Waals surface area (Å²) in [5, 5.41) is 22.0. The number of anilines is 1. The lowest BCUT2D eigenvalue weighted by Crippen LogP contribution is -2.50. The molecule has 1 aliphatic heterocycles. The molecule has 3 aliphatic rings. The number of piperazine rings is 1. The summed E-state index contributed by atoms with van der Waals surface area (Å²) < 4.78 is 7.46. The zero-order chi connectivity index (χ0) is 24.6. The first kappa shape index (κ1) is 22.6. The van der Waals surface area contributed by atoms with Gasteiger partial charge >= 0.3 is 5.97 Å². The maximum Gasteiger partial charge on any atom is 0.338 e. The van der Waals surface area contributed by atoms with Gasteiger partial charge in [0.15, 0.2) is 11.8 Å². The zero-order valence-corrected chi connectivity index (χ0v) is 19.9. The maximum absolute atomic E-state index is 12.9. The fourth-order valence-electron chi connectivity index (χ4n) is 5.67. The molecule has 1 aromatic carbocycles. The van der Waals surface area contributed by atoms with Crippen molar-refractivity contribution in [1.82, 2.24) is 19.4 Å². The minimum absolute atomic E-state index is 0.0751. The Morgan fingerprint density at radius 1 is 0.917 bits per heavy atom. The van der Waals surface area contributed by atoms with Crippen molar-refractivity contribution < 1.29 is 19.7 Å². The lowest BCUT2D eigenvalue weighted by atomic mass is 10.0. The van der Waals surface area contributed by atoms with E-state index in [4.69, 9.17) is 4.74 Å². The smallest absolute Gasteiger partial charge is 0.338 e. The van der Waals surface area contributed by atoms with Crippen molar-refractivity contribution in [3.05, 3.63) is 77.6 Å². The van der Waals surface area contributed by atoms with Crippen molar-refractivity contribution in [3.8, 4) is 11.8 Å². The van der Waals surface area contributed by atoms with E-state index >= 15 is 0 Å². The quantitative estimate of drug-likeness (QED) is 0.387. The molecule has 186 valence electrons. The standard InChI is InChI=1S/C27H29N5O4/c33-24-22-19-7-8-20(15-19)23(22)25(34)32(24)17-21(36-26(35)18-5-2-1-3-6-18)16-30-11-13-31(14-12-30)27-28-9-4-10-29-27/h1-10,19-21,33-34H,11-17H2. The van der Waals surface area contributed by atoms with Crippen LogP contribution in [0.25, 0.3) is 0 Å². The average Bonchev–Trinajstić information content (AvgIpc) is 3.60. The van der Waals surface area contributed by atoms with Crippen LogP contribution in [0.1, 0.15) is 39.7 Å². The number of carbonyl (C=O) groups excluding carboxylic acids is 1. The maximum atomic E-state index is 12.9. The van der Waals surface area contributed by atoms with E-state index in [1.807, 2.05) is 6.07 Å². The van der Waals surface area contributed by atoms with Crippen molar-refractivity contribution >= 4 is 11.9 Å². The molecule has 3 atom stereocenters. The Morgan fingerprint density at radius 3 is 2.19 bits per heavy atom. The average molecular weight is 488 g/mol. The second kappa shape index (κ2) is 9.31. The third-order valence-corrected chi connectivity index (χ3v) is 7.45. The lowest BCUT2D eigenvalue weighted by molar-refractivity contribution is 0.0136. The third kappa shape index (κ3) is 4.09. The monoisotopic (exact) mass is 487 g/mol. The molecule has 9 heteroatoms. The Morgan fingerprint density at radius 2 is 1.56 bits per heavy atom. The summed E-state index contributed by atoms with van der Waals surface area (Å²) in [4.78, 5) is 26.0. The van der Waals surface area contributed by atoms with Crippen LogP contribution in [0.2, 0.25) is 0 Å². The van der Waals surface area contributed by atoms with E-state index in [0.29, 0.717) is 18.1 Å². The molecule has 0 spiro atoms. The highest BCUT2D eigenvalue weighted by molar-refractivity contribution is 5.89. The molecule has 1 fully saturated rings. The SMILES string of the molecule is O=C(OC(CN1CCN(c2ncccn2)CC1)Cn1c(O)c2c(c1O)C1C=CC2C1)c1ccccc1. The number of esters is 1. The van der Waals surface area contributed by atoms with Crippen molar-refractivity contribution in [2.24, 2.45) is 0 Å². The molecule has 0 saturated carbocycles. The predicted octanol–water partition coefficient (Wildman–Crippen LogP) is 2.88. The van der Waals surface area contributed by atoms with Crippen LogP contribution in [0.3, 0.4) is 0 Å². The minimum atomic E-state index is -0.563. The Hall–Kier alpha value is -3.85. The fourth-order valence-corrected chi connectivity index (χ4v) is 5.67. The number of nitrogens with zero attached hydrogens (tertiary/aromatic N) is 5. The first-order valence-corrected chi connectivity index (χ1v) is 12.4. The molecule has 3 unspecified atom stereocenters. The summed E-state index contributed by atoms with van der Waals surface area (Å²) in [5.74, 6) is 0.713. The highest BCUT2D eigenvalue weighted by Crippen LogP contribution is 2.56. The van der Waals surface area contributed by atoms with E-state index in [1.165, 1.54) is 4.57 Å². The number of hydrogen-bond acceptors (Lipinski definition) is 8. The summed E-state index contributed by atoms with van der Waals surface area (Å²) in [6.07, 6.45) is 8.01. The van der Waals surface area contributed by atoms with Gasteiger partial charge in [0, 0.05) is 68.1 Å². The van der Waals surface area contributed by atoms with E-state index in [2.05, 4.69) is 31.9 Å². The molecule has 9 nitrogen and oxygen atoms in total. The van der Waals surface area contributed by atoms with Gasteiger partial charge in [-0.25, -0.2) is 14.8 Å². The number of benzene rings is 1. The van der Waals surface area contributed by atoms with Crippen LogP contribution in [0.4, 0.5) is 5.95 Å². The van der Waals surface area contributed by atoms with E-state index < -0.39 is 12.1 Å².